The van der Waals surface area contributed by atoms with E-state index in [9.17, 15) is 10.2 Å². The molecule has 1 aromatic rings. The normalized spacial score (nSPS) is 14.1. The van der Waals surface area contributed by atoms with Crippen LogP contribution in [0.4, 0.5) is 0 Å². The highest BCUT2D eigenvalue weighted by molar-refractivity contribution is 5.85. The highest BCUT2D eigenvalue weighted by Gasteiger charge is 2.18. The molecule has 0 aromatic heterocycles. The van der Waals surface area contributed by atoms with E-state index in [2.05, 4.69) is 0 Å². The average Bonchev–Trinajstić information content (AvgIpc) is 2.20. The second kappa shape index (κ2) is 5.95. The Morgan fingerprint density at radius 3 is 2.53 bits per heavy atom. The number of hydrogen-bond donors (Lipinski definition) is 3. The number of aryl methyl sites for hydroxylation is 1. The van der Waals surface area contributed by atoms with Crippen LogP contribution in [0.15, 0.2) is 18.2 Å². The lowest BCUT2D eigenvalue weighted by molar-refractivity contribution is 0.139. The lowest BCUT2D eigenvalue weighted by atomic mass is 9.98. The molecule has 0 saturated heterocycles. The zero-order valence-corrected chi connectivity index (χ0v) is 9.79. The summed E-state index contributed by atoms with van der Waals surface area (Å²) in [4.78, 5) is 0. The maximum Gasteiger partial charge on any atom is 0.123 e. The summed E-state index contributed by atoms with van der Waals surface area (Å²) in [5.41, 5.74) is 7.20. The van der Waals surface area contributed by atoms with E-state index in [4.69, 9.17) is 5.73 Å². The van der Waals surface area contributed by atoms with Crippen LogP contribution in [0, 0.1) is 6.92 Å². The maximum atomic E-state index is 9.72. The molecule has 0 aliphatic rings. The molecule has 0 unspecified atom stereocenters. The van der Waals surface area contributed by atoms with Gasteiger partial charge in [0, 0.05) is 5.56 Å². The molecule has 0 bridgehead atoms. The molecule has 86 valence electrons. The number of aliphatic hydroxyl groups is 1. The molecule has 15 heavy (non-hydrogen) atoms. The van der Waals surface area contributed by atoms with Crippen molar-refractivity contribution in [1.29, 1.82) is 0 Å². The van der Waals surface area contributed by atoms with E-state index in [0.717, 1.165) is 5.56 Å². The van der Waals surface area contributed by atoms with Crippen molar-refractivity contribution >= 4 is 12.4 Å². The van der Waals surface area contributed by atoms with Gasteiger partial charge in [0.25, 0.3) is 0 Å². The van der Waals surface area contributed by atoms with Gasteiger partial charge in [-0.05, 0) is 18.9 Å². The van der Waals surface area contributed by atoms with E-state index < -0.39 is 12.1 Å². The van der Waals surface area contributed by atoms with Gasteiger partial charge in [0.15, 0.2) is 0 Å². The van der Waals surface area contributed by atoms with Crippen molar-refractivity contribution in [2.24, 2.45) is 5.73 Å². The second-order valence-electron chi connectivity index (χ2n) is 3.51. The van der Waals surface area contributed by atoms with Crippen molar-refractivity contribution in [3.8, 4) is 5.75 Å². The summed E-state index contributed by atoms with van der Waals surface area (Å²) in [5, 5.41) is 19.3. The third kappa shape index (κ3) is 3.09. The molecule has 0 amide bonds. The summed E-state index contributed by atoms with van der Waals surface area (Å²) in [6, 6.07) is 4.86. The zero-order valence-electron chi connectivity index (χ0n) is 8.97. The SMILES string of the molecule is CC[C@H](O)[C@H](N)c1cccc(C)c1O.Cl. The fourth-order valence-corrected chi connectivity index (χ4v) is 1.41. The van der Waals surface area contributed by atoms with Gasteiger partial charge in [0.05, 0.1) is 12.1 Å². The van der Waals surface area contributed by atoms with E-state index >= 15 is 0 Å². The number of phenolic OH excluding ortho intramolecular Hbond substituents is 1. The molecule has 0 aliphatic heterocycles. The number of rotatable bonds is 3. The Labute approximate surface area is 96.3 Å². The zero-order chi connectivity index (χ0) is 10.7. The Kier molecular flexibility index (Phi) is 5.65. The van der Waals surface area contributed by atoms with Crippen LogP contribution in [0.5, 0.6) is 5.75 Å². The monoisotopic (exact) mass is 231 g/mol. The number of phenols is 1. The van der Waals surface area contributed by atoms with Gasteiger partial charge in [-0.2, -0.15) is 0 Å². The third-order valence-corrected chi connectivity index (χ3v) is 2.46. The minimum Gasteiger partial charge on any atom is -0.507 e. The van der Waals surface area contributed by atoms with Crippen molar-refractivity contribution in [3.63, 3.8) is 0 Å². The molecule has 0 aliphatic carbocycles. The first-order chi connectivity index (χ1) is 6.57. The molecule has 0 saturated carbocycles. The number of aromatic hydroxyl groups is 1. The van der Waals surface area contributed by atoms with Crippen LogP contribution in [0.1, 0.15) is 30.5 Å². The van der Waals surface area contributed by atoms with Crippen molar-refractivity contribution < 1.29 is 10.2 Å². The molecule has 4 heteroatoms. The lowest BCUT2D eigenvalue weighted by Crippen LogP contribution is -2.25. The van der Waals surface area contributed by atoms with Crippen molar-refractivity contribution in [2.45, 2.75) is 32.4 Å². The summed E-state index contributed by atoms with van der Waals surface area (Å²) in [6.07, 6.45) is -0.0307. The molecule has 4 N–H and O–H groups in total. The maximum absolute atomic E-state index is 9.72. The molecule has 0 spiro atoms. The molecule has 1 rings (SSSR count). The Hall–Kier alpha value is -0.770. The Balaban J connectivity index is 0.00000196. The fourth-order valence-electron chi connectivity index (χ4n) is 1.41. The minimum atomic E-state index is -0.609. The minimum absolute atomic E-state index is 0. The van der Waals surface area contributed by atoms with Gasteiger partial charge < -0.3 is 15.9 Å². The lowest BCUT2D eigenvalue weighted by Gasteiger charge is -2.19. The number of halogens is 1. The molecule has 0 radical (unpaired) electrons. The Morgan fingerprint density at radius 1 is 1.40 bits per heavy atom. The number of para-hydroxylation sites is 1. The van der Waals surface area contributed by atoms with Gasteiger partial charge >= 0.3 is 0 Å². The standard InChI is InChI=1S/C11H17NO2.ClH/c1-3-9(13)10(12)8-6-4-5-7(2)11(8)14;/h4-6,9-10,13-14H,3,12H2,1-2H3;1H/t9-,10+;/m0./s1. The van der Waals surface area contributed by atoms with Crippen LogP contribution in [-0.2, 0) is 0 Å². The van der Waals surface area contributed by atoms with Crippen LogP contribution in [0.3, 0.4) is 0 Å². The van der Waals surface area contributed by atoms with Crippen LogP contribution in [-0.4, -0.2) is 16.3 Å². The highest BCUT2D eigenvalue weighted by Crippen LogP contribution is 2.28. The van der Waals surface area contributed by atoms with E-state index in [1.165, 1.54) is 0 Å². The van der Waals surface area contributed by atoms with E-state index in [0.29, 0.717) is 12.0 Å². The van der Waals surface area contributed by atoms with Crippen LogP contribution < -0.4 is 5.73 Å². The molecular weight excluding hydrogens is 214 g/mol. The third-order valence-electron chi connectivity index (χ3n) is 2.46. The van der Waals surface area contributed by atoms with E-state index in [1.54, 1.807) is 6.07 Å². The fraction of sp³-hybridized carbons (Fsp3) is 0.455. The smallest absolute Gasteiger partial charge is 0.123 e. The predicted molar refractivity (Wildman–Crippen MR) is 63.3 cm³/mol. The van der Waals surface area contributed by atoms with Crippen molar-refractivity contribution in [2.75, 3.05) is 0 Å². The van der Waals surface area contributed by atoms with Gasteiger partial charge in [-0.25, -0.2) is 0 Å². The summed E-state index contributed by atoms with van der Waals surface area (Å²) in [5.74, 6) is 0.188. The number of nitrogens with two attached hydrogens (primary N) is 1. The summed E-state index contributed by atoms with van der Waals surface area (Å²) < 4.78 is 0. The summed E-state index contributed by atoms with van der Waals surface area (Å²) in [6.45, 7) is 3.67. The highest BCUT2D eigenvalue weighted by atomic mass is 35.5. The number of hydrogen-bond acceptors (Lipinski definition) is 3. The van der Waals surface area contributed by atoms with Gasteiger partial charge in [0.2, 0.25) is 0 Å². The van der Waals surface area contributed by atoms with Crippen LogP contribution in [0.2, 0.25) is 0 Å². The van der Waals surface area contributed by atoms with Crippen molar-refractivity contribution in [1.82, 2.24) is 0 Å². The van der Waals surface area contributed by atoms with Gasteiger partial charge in [-0.15, -0.1) is 12.4 Å². The predicted octanol–water partition coefficient (Wildman–Crippen LogP) is 1.89. The Morgan fingerprint density at radius 2 is 2.00 bits per heavy atom. The van der Waals surface area contributed by atoms with E-state index in [-0.39, 0.29) is 18.2 Å². The van der Waals surface area contributed by atoms with Crippen molar-refractivity contribution in [3.05, 3.63) is 29.3 Å². The molecule has 3 nitrogen and oxygen atoms in total. The van der Waals surface area contributed by atoms with Crippen LogP contribution in [0.25, 0.3) is 0 Å². The molecule has 2 atom stereocenters. The van der Waals surface area contributed by atoms with Gasteiger partial charge in [-0.1, -0.05) is 25.1 Å². The van der Waals surface area contributed by atoms with E-state index in [1.807, 2.05) is 26.0 Å². The largest absolute Gasteiger partial charge is 0.507 e. The quantitative estimate of drug-likeness (QED) is 0.744. The summed E-state index contributed by atoms with van der Waals surface area (Å²) >= 11 is 0. The first kappa shape index (κ1) is 14.2. The average molecular weight is 232 g/mol. The molecule has 1 aromatic carbocycles. The van der Waals surface area contributed by atoms with Gasteiger partial charge in [0.1, 0.15) is 5.75 Å². The number of aliphatic hydroxyl groups excluding tert-OH is 1. The molecule has 0 fully saturated rings. The first-order valence-electron chi connectivity index (χ1n) is 4.80. The first-order valence-corrected chi connectivity index (χ1v) is 4.80. The second-order valence-corrected chi connectivity index (χ2v) is 3.51. The number of benzene rings is 1. The molecular formula is C11H18ClNO2. The van der Waals surface area contributed by atoms with Crippen LogP contribution >= 0.6 is 12.4 Å². The molecule has 0 heterocycles. The Bertz CT molecular complexity index is 317. The summed E-state index contributed by atoms with van der Waals surface area (Å²) in [7, 11) is 0. The topological polar surface area (TPSA) is 66.5 Å². The van der Waals surface area contributed by atoms with Gasteiger partial charge in [-0.3, -0.25) is 0 Å².